The second-order valence-corrected chi connectivity index (χ2v) is 7.13. The number of hydrogen-bond acceptors (Lipinski definition) is 3. The van der Waals surface area contributed by atoms with E-state index in [9.17, 15) is 0 Å². The third kappa shape index (κ3) is 10.4. The SMILES string of the molecule is CN=C(NCCCCCCC(C)C)NCc1ncc(C)s1.I. The number of nitrogens with zero attached hydrogens (tertiary/aromatic N) is 2. The van der Waals surface area contributed by atoms with E-state index < -0.39 is 0 Å². The number of thiazole rings is 1. The second-order valence-electron chi connectivity index (χ2n) is 5.81. The molecule has 0 aliphatic rings. The van der Waals surface area contributed by atoms with Crippen LogP contribution in [0.25, 0.3) is 0 Å². The summed E-state index contributed by atoms with van der Waals surface area (Å²) in [4.78, 5) is 9.82. The van der Waals surface area contributed by atoms with Gasteiger partial charge >= 0.3 is 0 Å². The van der Waals surface area contributed by atoms with E-state index in [1.807, 2.05) is 13.2 Å². The lowest BCUT2D eigenvalue weighted by Crippen LogP contribution is -2.37. The van der Waals surface area contributed by atoms with Crippen molar-refractivity contribution in [1.82, 2.24) is 15.6 Å². The number of guanidine groups is 1. The standard InChI is InChI=1S/C16H30N4S.HI/c1-13(2)9-7-5-6-8-10-18-16(17-4)20-12-15-19-11-14(3)21-15;/h11,13H,5-10,12H2,1-4H3,(H2,17,18,20);1H. The Kier molecular flexibility index (Phi) is 12.9. The predicted molar refractivity (Wildman–Crippen MR) is 108 cm³/mol. The molecule has 0 aromatic carbocycles. The van der Waals surface area contributed by atoms with Crippen molar-refractivity contribution in [3.63, 3.8) is 0 Å². The highest BCUT2D eigenvalue weighted by atomic mass is 127. The van der Waals surface area contributed by atoms with Crippen LogP contribution in [0.15, 0.2) is 11.2 Å². The van der Waals surface area contributed by atoms with Gasteiger partial charge in [-0.15, -0.1) is 35.3 Å². The van der Waals surface area contributed by atoms with Crippen LogP contribution in [-0.2, 0) is 6.54 Å². The first-order chi connectivity index (χ1) is 10.1. The fraction of sp³-hybridized carbons (Fsp3) is 0.750. The van der Waals surface area contributed by atoms with E-state index in [2.05, 4.69) is 41.4 Å². The van der Waals surface area contributed by atoms with Gasteiger partial charge < -0.3 is 10.6 Å². The van der Waals surface area contributed by atoms with Gasteiger partial charge in [-0.2, -0.15) is 0 Å². The van der Waals surface area contributed by atoms with Gasteiger partial charge in [0.15, 0.2) is 5.96 Å². The lowest BCUT2D eigenvalue weighted by atomic mass is 10.0. The summed E-state index contributed by atoms with van der Waals surface area (Å²) in [5.41, 5.74) is 0. The highest BCUT2D eigenvalue weighted by molar-refractivity contribution is 14.0. The fourth-order valence-corrected chi connectivity index (χ4v) is 2.83. The van der Waals surface area contributed by atoms with Gasteiger partial charge in [-0.25, -0.2) is 4.98 Å². The molecule has 0 saturated heterocycles. The summed E-state index contributed by atoms with van der Waals surface area (Å²) in [5.74, 6) is 1.70. The average molecular weight is 438 g/mol. The zero-order chi connectivity index (χ0) is 15.5. The summed E-state index contributed by atoms with van der Waals surface area (Å²) >= 11 is 1.72. The third-order valence-electron chi connectivity index (χ3n) is 3.30. The van der Waals surface area contributed by atoms with Crippen LogP contribution in [0, 0.1) is 12.8 Å². The molecule has 22 heavy (non-hydrogen) atoms. The molecular formula is C16H31IN4S. The van der Waals surface area contributed by atoms with Crippen LogP contribution >= 0.6 is 35.3 Å². The van der Waals surface area contributed by atoms with Crippen molar-refractivity contribution < 1.29 is 0 Å². The van der Waals surface area contributed by atoms with Gasteiger partial charge in [0.05, 0.1) is 6.54 Å². The minimum Gasteiger partial charge on any atom is -0.356 e. The van der Waals surface area contributed by atoms with E-state index >= 15 is 0 Å². The van der Waals surface area contributed by atoms with E-state index in [1.165, 1.54) is 37.0 Å². The maximum Gasteiger partial charge on any atom is 0.191 e. The van der Waals surface area contributed by atoms with Crippen molar-refractivity contribution in [1.29, 1.82) is 0 Å². The largest absolute Gasteiger partial charge is 0.356 e. The van der Waals surface area contributed by atoms with E-state index in [4.69, 9.17) is 0 Å². The molecule has 0 fully saturated rings. The Morgan fingerprint density at radius 3 is 2.55 bits per heavy atom. The van der Waals surface area contributed by atoms with E-state index in [0.717, 1.165) is 30.0 Å². The Hall–Kier alpha value is -0.370. The van der Waals surface area contributed by atoms with Crippen molar-refractivity contribution in [2.75, 3.05) is 13.6 Å². The van der Waals surface area contributed by atoms with Gasteiger partial charge in [0.25, 0.3) is 0 Å². The Labute approximate surface area is 156 Å². The van der Waals surface area contributed by atoms with Crippen molar-refractivity contribution in [3.05, 3.63) is 16.1 Å². The number of rotatable bonds is 9. The van der Waals surface area contributed by atoms with Crippen LogP contribution in [-0.4, -0.2) is 24.5 Å². The van der Waals surface area contributed by atoms with Gasteiger partial charge in [0.2, 0.25) is 0 Å². The summed E-state index contributed by atoms with van der Waals surface area (Å²) < 4.78 is 0. The summed E-state index contributed by atoms with van der Waals surface area (Å²) in [6.07, 6.45) is 8.45. The molecule has 0 aliphatic heterocycles. The maximum atomic E-state index is 4.34. The van der Waals surface area contributed by atoms with Crippen molar-refractivity contribution in [3.8, 4) is 0 Å². The first-order valence-electron chi connectivity index (χ1n) is 7.97. The number of hydrogen-bond donors (Lipinski definition) is 2. The Bertz CT molecular complexity index is 418. The highest BCUT2D eigenvalue weighted by Gasteiger charge is 2.01. The summed E-state index contributed by atoms with van der Waals surface area (Å²) in [5, 5.41) is 7.77. The zero-order valence-electron chi connectivity index (χ0n) is 14.3. The molecule has 2 N–H and O–H groups in total. The lowest BCUT2D eigenvalue weighted by molar-refractivity contribution is 0.518. The molecule has 1 aromatic heterocycles. The first kappa shape index (κ1) is 21.6. The number of halogens is 1. The predicted octanol–water partition coefficient (Wildman–Crippen LogP) is 4.34. The van der Waals surface area contributed by atoms with Crippen molar-refractivity contribution in [2.24, 2.45) is 10.9 Å². The van der Waals surface area contributed by atoms with Crippen molar-refractivity contribution in [2.45, 2.75) is 59.4 Å². The minimum absolute atomic E-state index is 0. The summed E-state index contributed by atoms with van der Waals surface area (Å²) in [6.45, 7) is 8.39. The molecule has 0 amide bonds. The number of aliphatic imine (C=N–C) groups is 1. The van der Waals surface area contributed by atoms with Crippen LogP contribution in [0.5, 0.6) is 0 Å². The van der Waals surface area contributed by atoms with Gasteiger partial charge in [-0.1, -0.05) is 39.5 Å². The second kappa shape index (κ2) is 13.1. The van der Waals surface area contributed by atoms with Gasteiger partial charge in [0, 0.05) is 24.7 Å². The fourth-order valence-electron chi connectivity index (χ4n) is 2.10. The van der Waals surface area contributed by atoms with E-state index in [1.54, 1.807) is 11.3 Å². The number of nitrogens with one attached hydrogen (secondary N) is 2. The lowest BCUT2D eigenvalue weighted by Gasteiger charge is -2.10. The summed E-state index contributed by atoms with van der Waals surface area (Å²) in [6, 6.07) is 0. The molecule has 4 nitrogen and oxygen atoms in total. The van der Waals surface area contributed by atoms with Crippen LogP contribution in [0.1, 0.15) is 55.8 Å². The molecule has 128 valence electrons. The average Bonchev–Trinajstić information content (AvgIpc) is 2.86. The molecule has 0 unspecified atom stereocenters. The number of aryl methyl sites for hydroxylation is 1. The molecule has 1 aromatic rings. The number of unbranched alkanes of at least 4 members (excludes halogenated alkanes) is 3. The quantitative estimate of drug-likeness (QED) is 0.261. The smallest absolute Gasteiger partial charge is 0.191 e. The normalized spacial score (nSPS) is 11.4. The maximum absolute atomic E-state index is 4.34. The summed E-state index contributed by atoms with van der Waals surface area (Å²) in [7, 11) is 1.81. The molecule has 0 bridgehead atoms. The van der Waals surface area contributed by atoms with Gasteiger partial charge in [0.1, 0.15) is 5.01 Å². The third-order valence-corrected chi connectivity index (χ3v) is 4.21. The molecule has 0 aliphatic carbocycles. The monoisotopic (exact) mass is 438 g/mol. The Morgan fingerprint density at radius 1 is 1.23 bits per heavy atom. The molecule has 1 heterocycles. The topological polar surface area (TPSA) is 49.3 Å². The Balaban J connectivity index is 0.00000441. The first-order valence-corrected chi connectivity index (χ1v) is 8.79. The van der Waals surface area contributed by atoms with E-state index in [-0.39, 0.29) is 24.0 Å². The molecular weight excluding hydrogens is 407 g/mol. The molecule has 0 spiro atoms. The van der Waals surface area contributed by atoms with Crippen LogP contribution in [0.3, 0.4) is 0 Å². The van der Waals surface area contributed by atoms with E-state index in [0.29, 0.717) is 0 Å². The molecule has 0 radical (unpaired) electrons. The van der Waals surface area contributed by atoms with Crippen LogP contribution in [0.2, 0.25) is 0 Å². The van der Waals surface area contributed by atoms with Gasteiger partial charge in [-0.3, -0.25) is 4.99 Å². The Morgan fingerprint density at radius 2 is 1.95 bits per heavy atom. The van der Waals surface area contributed by atoms with Crippen molar-refractivity contribution >= 4 is 41.3 Å². The molecule has 0 saturated carbocycles. The molecule has 6 heteroatoms. The van der Waals surface area contributed by atoms with Crippen LogP contribution < -0.4 is 10.6 Å². The zero-order valence-corrected chi connectivity index (χ0v) is 17.5. The number of aromatic nitrogens is 1. The van der Waals surface area contributed by atoms with Gasteiger partial charge in [-0.05, 0) is 19.3 Å². The molecule has 0 atom stereocenters. The van der Waals surface area contributed by atoms with Crippen LogP contribution in [0.4, 0.5) is 0 Å². The minimum atomic E-state index is 0. The highest BCUT2D eigenvalue weighted by Crippen LogP contribution is 2.10. The molecule has 1 rings (SSSR count).